The number of nitrogens with one attached hydrogen (secondary N) is 2. The van der Waals surface area contributed by atoms with Gasteiger partial charge in [-0.2, -0.15) is 15.0 Å². The number of hydrogen-bond acceptors (Lipinski definition) is 7. The van der Waals surface area contributed by atoms with E-state index in [4.69, 9.17) is 0 Å². The Hall–Kier alpha value is -2.22. The van der Waals surface area contributed by atoms with Crippen LogP contribution in [-0.2, 0) is 0 Å². The third-order valence-electron chi connectivity index (χ3n) is 2.42. The topological polar surface area (TPSA) is 83.8 Å². The first-order valence-corrected chi connectivity index (χ1v) is 6.00. The smallest absolute Gasteiger partial charge is 0.241 e. The first-order valence-electron chi connectivity index (χ1n) is 6.00. The molecule has 0 aliphatic carbocycles. The largest absolute Gasteiger partial charge is 0.357 e. The molecule has 2 heterocycles. The zero-order valence-electron chi connectivity index (χ0n) is 11.3. The number of hydrogen-bond donors (Lipinski definition) is 2. The molecule has 0 aliphatic heterocycles. The minimum atomic E-state index is 0.519. The third-order valence-corrected chi connectivity index (χ3v) is 2.42. The summed E-state index contributed by atoms with van der Waals surface area (Å²) < 4.78 is 1.74. The van der Waals surface area contributed by atoms with Gasteiger partial charge in [-0.15, -0.1) is 0 Å². The van der Waals surface area contributed by atoms with Crippen molar-refractivity contribution in [2.45, 2.75) is 0 Å². The minimum Gasteiger partial charge on any atom is -0.357 e. The van der Waals surface area contributed by atoms with Crippen molar-refractivity contribution in [3.8, 4) is 5.95 Å². The van der Waals surface area contributed by atoms with Crippen LogP contribution in [0.5, 0.6) is 0 Å². The van der Waals surface area contributed by atoms with Crippen molar-refractivity contribution in [2.75, 3.05) is 44.9 Å². The molecular weight excluding hydrogens is 244 g/mol. The van der Waals surface area contributed by atoms with Crippen LogP contribution in [0.25, 0.3) is 5.95 Å². The lowest BCUT2D eigenvalue weighted by molar-refractivity contribution is 0.425. The minimum absolute atomic E-state index is 0.519. The first kappa shape index (κ1) is 13.2. The Bertz CT molecular complexity index is 507. The van der Waals surface area contributed by atoms with Gasteiger partial charge >= 0.3 is 0 Å². The molecule has 0 amide bonds. The molecule has 0 aliphatic rings. The van der Waals surface area contributed by atoms with Crippen LogP contribution in [0.4, 0.5) is 11.9 Å². The molecule has 0 bridgehead atoms. The Labute approximate surface area is 111 Å². The Kier molecular flexibility index (Phi) is 4.24. The number of nitrogens with zero attached hydrogens (tertiary/aromatic N) is 6. The second-order valence-corrected chi connectivity index (χ2v) is 4.23. The monoisotopic (exact) mass is 262 g/mol. The lowest BCUT2D eigenvalue weighted by Gasteiger charge is -2.11. The summed E-state index contributed by atoms with van der Waals surface area (Å²) in [6.45, 7) is 1.67. The van der Waals surface area contributed by atoms with Gasteiger partial charge in [-0.1, -0.05) is 0 Å². The van der Waals surface area contributed by atoms with Crippen molar-refractivity contribution in [1.29, 1.82) is 0 Å². The lowest BCUT2D eigenvalue weighted by Crippen LogP contribution is -2.22. The van der Waals surface area contributed by atoms with Crippen LogP contribution in [-0.4, -0.2) is 63.6 Å². The highest BCUT2D eigenvalue weighted by Crippen LogP contribution is 2.08. The molecule has 0 unspecified atom stereocenters. The summed E-state index contributed by atoms with van der Waals surface area (Å²) in [6, 6.07) is 0. The van der Waals surface area contributed by atoms with Crippen LogP contribution in [0.1, 0.15) is 0 Å². The summed E-state index contributed by atoms with van der Waals surface area (Å²) in [4.78, 5) is 19.0. The summed E-state index contributed by atoms with van der Waals surface area (Å²) in [5, 5.41) is 6.10. The van der Waals surface area contributed by atoms with Crippen molar-refractivity contribution >= 4 is 11.9 Å². The van der Waals surface area contributed by atoms with E-state index in [-0.39, 0.29) is 0 Å². The van der Waals surface area contributed by atoms with Gasteiger partial charge < -0.3 is 15.5 Å². The molecule has 0 spiro atoms. The number of anilines is 2. The van der Waals surface area contributed by atoms with Crippen molar-refractivity contribution in [1.82, 2.24) is 29.4 Å². The molecule has 0 fully saturated rings. The molecule has 8 nitrogen and oxygen atoms in total. The van der Waals surface area contributed by atoms with E-state index < -0.39 is 0 Å². The summed E-state index contributed by atoms with van der Waals surface area (Å²) >= 11 is 0. The molecule has 2 aromatic rings. The highest BCUT2D eigenvalue weighted by atomic mass is 15.3. The molecule has 2 aromatic heterocycles. The fourth-order valence-corrected chi connectivity index (χ4v) is 1.44. The maximum Gasteiger partial charge on any atom is 0.241 e. The van der Waals surface area contributed by atoms with E-state index >= 15 is 0 Å². The fraction of sp³-hybridized carbons (Fsp3) is 0.455. The SMILES string of the molecule is CNc1nc(NCCN(C)C)nc(-n2ccnc2)n1. The van der Waals surface area contributed by atoms with Crippen molar-refractivity contribution in [3.63, 3.8) is 0 Å². The molecule has 0 aromatic carbocycles. The van der Waals surface area contributed by atoms with Crippen molar-refractivity contribution in [3.05, 3.63) is 18.7 Å². The van der Waals surface area contributed by atoms with E-state index in [0.29, 0.717) is 17.8 Å². The normalized spacial score (nSPS) is 10.7. The second-order valence-electron chi connectivity index (χ2n) is 4.23. The molecule has 2 N–H and O–H groups in total. The van der Waals surface area contributed by atoms with Crippen LogP contribution in [0, 0.1) is 0 Å². The molecule has 19 heavy (non-hydrogen) atoms. The average Bonchev–Trinajstić information content (AvgIpc) is 2.92. The van der Waals surface area contributed by atoms with Gasteiger partial charge in [0.15, 0.2) is 0 Å². The van der Waals surface area contributed by atoms with Crippen LogP contribution in [0.15, 0.2) is 18.7 Å². The summed E-state index contributed by atoms with van der Waals surface area (Å²) in [5.41, 5.74) is 0. The maximum atomic E-state index is 4.35. The van der Waals surface area contributed by atoms with Gasteiger partial charge in [-0.05, 0) is 14.1 Å². The standard InChI is InChI=1S/C11H18N8/c1-12-9-15-10(14-5-6-18(2)3)17-11(16-9)19-7-4-13-8-19/h4,7-8H,5-6H2,1-3H3,(H2,12,14,15,16,17). The summed E-state index contributed by atoms with van der Waals surface area (Å²) in [7, 11) is 5.81. The van der Waals surface area contributed by atoms with Crippen LogP contribution < -0.4 is 10.6 Å². The lowest BCUT2D eigenvalue weighted by atomic mass is 10.6. The van der Waals surface area contributed by atoms with E-state index in [9.17, 15) is 0 Å². The van der Waals surface area contributed by atoms with Gasteiger partial charge in [0.25, 0.3) is 0 Å². The number of imidazole rings is 1. The van der Waals surface area contributed by atoms with Crippen LogP contribution >= 0.6 is 0 Å². The van der Waals surface area contributed by atoms with Gasteiger partial charge in [0.1, 0.15) is 6.33 Å². The molecule has 2 rings (SSSR count). The van der Waals surface area contributed by atoms with Gasteiger partial charge in [0, 0.05) is 32.5 Å². The van der Waals surface area contributed by atoms with E-state index in [1.54, 1.807) is 30.3 Å². The molecule has 102 valence electrons. The predicted molar refractivity (Wildman–Crippen MR) is 73.5 cm³/mol. The molecule has 0 saturated carbocycles. The van der Waals surface area contributed by atoms with Crippen molar-refractivity contribution < 1.29 is 0 Å². The number of rotatable bonds is 6. The molecule has 0 radical (unpaired) electrons. The summed E-state index contributed by atoms with van der Waals surface area (Å²) in [5.74, 6) is 1.60. The van der Waals surface area contributed by atoms with Crippen LogP contribution in [0.2, 0.25) is 0 Å². The average molecular weight is 262 g/mol. The first-order chi connectivity index (χ1) is 9.19. The highest BCUT2D eigenvalue weighted by molar-refractivity contribution is 5.37. The summed E-state index contributed by atoms with van der Waals surface area (Å²) in [6.07, 6.45) is 5.12. The van der Waals surface area contributed by atoms with E-state index in [1.807, 2.05) is 14.1 Å². The Morgan fingerprint density at radius 3 is 2.63 bits per heavy atom. The number of aromatic nitrogens is 5. The Morgan fingerprint density at radius 2 is 2.00 bits per heavy atom. The zero-order chi connectivity index (χ0) is 13.7. The Morgan fingerprint density at radius 1 is 1.21 bits per heavy atom. The Balaban J connectivity index is 2.16. The van der Waals surface area contributed by atoms with Gasteiger partial charge in [-0.25, -0.2) is 4.98 Å². The van der Waals surface area contributed by atoms with E-state index in [0.717, 1.165) is 13.1 Å². The quantitative estimate of drug-likeness (QED) is 0.762. The molecule has 8 heteroatoms. The van der Waals surface area contributed by atoms with Crippen molar-refractivity contribution in [2.24, 2.45) is 0 Å². The molecular formula is C11H18N8. The molecule has 0 atom stereocenters. The second kappa shape index (κ2) is 6.10. The van der Waals surface area contributed by atoms with Gasteiger partial charge in [0.2, 0.25) is 17.8 Å². The van der Waals surface area contributed by atoms with Gasteiger partial charge in [-0.3, -0.25) is 4.57 Å². The third kappa shape index (κ3) is 3.62. The predicted octanol–water partition coefficient (Wildman–Crippen LogP) is 0.0725. The molecule has 0 saturated heterocycles. The van der Waals surface area contributed by atoms with E-state index in [1.165, 1.54) is 0 Å². The fourth-order valence-electron chi connectivity index (χ4n) is 1.44. The maximum absolute atomic E-state index is 4.35. The zero-order valence-corrected chi connectivity index (χ0v) is 11.3. The van der Waals surface area contributed by atoms with Gasteiger partial charge in [0.05, 0.1) is 0 Å². The van der Waals surface area contributed by atoms with E-state index in [2.05, 4.69) is 35.5 Å². The number of likely N-dealkylation sites (N-methyl/N-ethyl adjacent to an activating group) is 1. The van der Waals surface area contributed by atoms with Crippen LogP contribution in [0.3, 0.4) is 0 Å². The highest BCUT2D eigenvalue weighted by Gasteiger charge is 2.06.